The van der Waals surface area contributed by atoms with E-state index in [0.29, 0.717) is 16.9 Å². The molecular formula is C11H8Cl2N2S. The standard InChI is InChI=1S/C11H8Cl2N2S/c12-7-3-9(16-5-7)11-14-8(6-1-2-6)4-10(13)15-11/h3-6H,1-2H2. The van der Waals surface area contributed by atoms with Crippen LogP contribution >= 0.6 is 34.5 Å². The highest BCUT2D eigenvalue weighted by Crippen LogP contribution is 2.40. The third kappa shape index (κ3) is 2.08. The number of hydrogen-bond acceptors (Lipinski definition) is 3. The second kappa shape index (κ2) is 3.99. The van der Waals surface area contributed by atoms with Gasteiger partial charge in [0.2, 0.25) is 0 Å². The van der Waals surface area contributed by atoms with Crippen molar-refractivity contribution >= 4 is 34.5 Å². The van der Waals surface area contributed by atoms with Crippen LogP contribution in [0.2, 0.25) is 10.2 Å². The highest BCUT2D eigenvalue weighted by molar-refractivity contribution is 7.14. The van der Waals surface area contributed by atoms with Crippen LogP contribution in [0.5, 0.6) is 0 Å². The fourth-order valence-corrected chi connectivity index (χ4v) is 2.76. The van der Waals surface area contributed by atoms with E-state index in [1.165, 1.54) is 24.2 Å². The van der Waals surface area contributed by atoms with Crippen LogP contribution in [0.4, 0.5) is 0 Å². The summed E-state index contributed by atoms with van der Waals surface area (Å²) in [4.78, 5) is 9.74. The minimum atomic E-state index is 0.511. The van der Waals surface area contributed by atoms with Crippen LogP contribution in [0.1, 0.15) is 24.5 Å². The summed E-state index contributed by atoms with van der Waals surface area (Å²) in [7, 11) is 0. The molecular weight excluding hydrogens is 263 g/mol. The lowest BCUT2D eigenvalue weighted by atomic mass is 10.3. The van der Waals surface area contributed by atoms with Crippen molar-refractivity contribution in [2.75, 3.05) is 0 Å². The van der Waals surface area contributed by atoms with Crippen LogP contribution < -0.4 is 0 Å². The maximum Gasteiger partial charge on any atom is 0.171 e. The molecule has 2 nitrogen and oxygen atoms in total. The Hall–Kier alpha value is -0.640. The molecule has 0 spiro atoms. The van der Waals surface area contributed by atoms with Gasteiger partial charge in [0, 0.05) is 17.0 Å². The first kappa shape index (κ1) is 10.5. The van der Waals surface area contributed by atoms with E-state index in [4.69, 9.17) is 23.2 Å². The second-order valence-corrected chi connectivity index (χ2v) is 5.58. The highest BCUT2D eigenvalue weighted by Gasteiger charge is 2.26. The van der Waals surface area contributed by atoms with Gasteiger partial charge in [0.05, 0.1) is 9.90 Å². The summed E-state index contributed by atoms with van der Waals surface area (Å²) in [5, 5.41) is 3.10. The highest BCUT2D eigenvalue weighted by atomic mass is 35.5. The van der Waals surface area contributed by atoms with Gasteiger partial charge in [-0.2, -0.15) is 0 Å². The van der Waals surface area contributed by atoms with Gasteiger partial charge in [0.15, 0.2) is 5.82 Å². The van der Waals surface area contributed by atoms with Crippen molar-refractivity contribution in [3.05, 3.63) is 33.4 Å². The Balaban J connectivity index is 2.06. The Morgan fingerprint density at radius 2 is 2.00 bits per heavy atom. The molecule has 0 amide bonds. The Labute approximate surface area is 107 Å². The van der Waals surface area contributed by atoms with Crippen molar-refractivity contribution in [3.63, 3.8) is 0 Å². The molecule has 0 aliphatic heterocycles. The zero-order chi connectivity index (χ0) is 11.1. The largest absolute Gasteiger partial charge is 0.232 e. The molecule has 5 heteroatoms. The zero-order valence-electron chi connectivity index (χ0n) is 8.28. The predicted molar refractivity (Wildman–Crippen MR) is 67.3 cm³/mol. The normalized spacial score (nSPS) is 15.4. The molecule has 16 heavy (non-hydrogen) atoms. The molecule has 82 valence electrons. The number of rotatable bonds is 2. The van der Waals surface area contributed by atoms with E-state index in [1.807, 2.05) is 17.5 Å². The lowest BCUT2D eigenvalue weighted by molar-refractivity contribution is 0.997. The Morgan fingerprint density at radius 3 is 2.62 bits per heavy atom. The molecule has 2 heterocycles. The summed E-state index contributed by atoms with van der Waals surface area (Å²) in [6.07, 6.45) is 2.41. The number of aromatic nitrogens is 2. The molecule has 1 saturated carbocycles. The Bertz CT molecular complexity index is 535. The van der Waals surface area contributed by atoms with Crippen LogP contribution in [-0.4, -0.2) is 9.97 Å². The van der Waals surface area contributed by atoms with E-state index >= 15 is 0 Å². The monoisotopic (exact) mass is 270 g/mol. The van der Waals surface area contributed by atoms with Crippen LogP contribution in [-0.2, 0) is 0 Å². The van der Waals surface area contributed by atoms with Gasteiger partial charge in [-0.25, -0.2) is 9.97 Å². The molecule has 0 saturated heterocycles. The van der Waals surface area contributed by atoms with Crippen LogP contribution in [0.15, 0.2) is 17.5 Å². The van der Waals surface area contributed by atoms with Crippen LogP contribution in [0.3, 0.4) is 0 Å². The maximum absolute atomic E-state index is 6.00. The van der Waals surface area contributed by atoms with E-state index in [2.05, 4.69) is 9.97 Å². The molecule has 0 atom stereocenters. The molecule has 0 bridgehead atoms. The average molecular weight is 271 g/mol. The fraction of sp³-hybridized carbons (Fsp3) is 0.273. The molecule has 0 N–H and O–H groups in total. The molecule has 0 unspecified atom stereocenters. The predicted octanol–water partition coefficient (Wildman–Crippen LogP) is 4.39. The average Bonchev–Trinajstić information content (AvgIpc) is 3.01. The summed E-state index contributed by atoms with van der Waals surface area (Å²) in [5.41, 5.74) is 1.06. The van der Waals surface area contributed by atoms with Crippen molar-refractivity contribution in [2.24, 2.45) is 0 Å². The summed E-state index contributed by atoms with van der Waals surface area (Å²) in [5.74, 6) is 1.26. The SMILES string of the molecule is Clc1csc(-c2nc(Cl)cc(C3CC3)n2)c1. The number of halogens is 2. The van der Waals surface area contributed by atoms with Gasteiger partial charge in [-0.1, -0.05) is 23.2 Å². The third-order valence-electron chi connectivity index (χ3n) is 2.50. The van der Waals surface area contributed by atoms with Crippen molar-refractivity contribution < 1.29 is 0 Å². The van der Waals surface area contributed by atoms with E-state index in [9.17, 15) is 0 Å². The minimum absolute atomic E-state index is 0.511. The second-order valence-electron chi connectivity index (χ2n) is 3.84. The lowest BCUT2D eigenvalue weighted by Crippen LogP contribution is -1.93. The van der Waals surface area contributed by atoms with Crippen molar-refractivity contribution in [2.45, 2.75) is 18.8 Å². The van der Waals surface area contributed by atoms with Gasteiger partial charge in [-0.05, 0) is 25.0 Å². The van der Waals surface area contributed by atoms with Crippen LogP contribution in [0.25, 0.3) is 10.7 Å². The molecule has 2 aromatic heterocycles. The smallest absolute Gasteiger partial charge is 0.171 e. The van der Waals surface area contributed by atoms with Gasteiger partial charge in [-0.15, -0.1) is 11.3 Å². The minimum Gasteiger partial charge on any atom is -0.232 e. The van der Waals surface area contributed by atoms with Crippen LogP contribution in [0, 0.1) is 0 Å². The summed E-state index contributed by atoms with van der Waals surface area (Å²) in [6.45, 7) is 0. The molecule has 0 radical (unpaired) electrons. The van der Waals surface area contributed by atoms with E-state index < -0.39 is 0 Å². The maximum atomic E-state index is 6.00. The zero-order valence-corrected chi connectivity index (χ0v) is 10.6. The molecule has 1 aliphatic rings. The Morgan fingerprint density at radius 1 is 1.19 bits per heavy atom. The Kier molecular flexibility index (Phi) is 2.62. The van der Waals surface area contributed by atoms with E-state index in [0.717, 1.165) is 15.6 Å². The summed E-state index contributed by atoms with van der Waals surface area (Å²) in [6, 6.07) is 3.73. The van der Waals surface area contributed by atoms with Gasteiger partial charge < -0.3 is 0 Å². The third-order valence-corrected chi connectivity index (χ3v) is 3.97. The summed E-state index contributed by atoms with van der Waals surface area (Å²) < 4.78 is 0. The first-order valence-electron chi connectivity index (χ1n) is 5.01. The first-order chi connectivity index (χ1) is 7.72. The van der Waals surface area contributed by atoms with Gasteiger partial charge in [-0.3, -0.25) is 0 Å². The van der Waals surface area contributed by atoms with Gasteiger partial charge in [0.1, 0.15) is 5.15 Å². The molecule has 2 aromatic rings. The molecule has 3 rings (SSSR count). The fourth-order valence-electron chi connectivity index (χ4n) is 1.56. The molecule has 1 aliphatic carbocycles. The molecule has 0 aromatic carbocycles. The van der Waals surface area contributed by atoms with E-state index in [-0.39, 0.29) is 0 Å². The summed E-state index contributed by atoms with van der Waals surface area (Å²) >= 11 is 13.4. The molecule has 1 fully saturated rings. The van der Waals surface area contributed by atoms with Gasteiger partial charge >= 0.3 is 0 Å². The van der Waals surface area contributed by atoms with Crippen molar-refractivity contribution in [3.8, 4) is 10.7 Å². The van der Waals surface area contributed by atoms with Gasteiger partial charge in [0.25, 0.3) is 0 Å². The van der Waals surface area contributed by atoms with Crippen molar-refractivity contribution in [1.82, 2.24) is 9.97 Å². The quantitative estimate of drug-likeness (QED) is 0.757. The topological polar surface area (TPSA) is 25.8 Å². The van der Waals surface area contributed by atoms with E-state index in [1.54, 1.807) is 0 Å². The first-order valence-corrected chi connectivity index (χ1v) is 6.65. The number of nitrogens with zero attached hydrogens (tertiary/aromatic N) is 2. The number of hydrogen-bond donors (Lipinski definition) is 0. The lowest BCUT2D eigenvalue weighted by Gasteiger charge is -2.01. The number of thiophene rings is 1. The van der Waals surface area contributed by atoms with Crippen molar-refractivity contribution in [1.29, 1.82) is 0 Å².